The Morgan fingerprint density at radius 2 is 1.40 bits per heavy atom. The highest BCUT2D eigenvalue weighted by atomic mass is 15.3. The average Bonchev–Trinajstić information content (AvgIpc) is 2.22. The standard InChI is InChI=1S/C13H24N2/c1-9-10(12(2,3)4)14-15(8)11(9)13(5,6)7/h1-8H3. The molecule has 0 unspecified atom stereocenters. The highest BCUT2D eigenvalue weighted by Crippen LogP contribution is 2.32. The van der Waals surface area contributed by atoms with Crippen LogP contribution in [0.3, 0.4) is 0 Å². The topological polar surface area (TPSA) is 17.8 Å². The van der Waals surface area contributed by atoms with E-state index in [1.165, 1.54) is 17.0 Å². The van der Waals surface area contributed by atoms with E-state index in [0.29, 0.717) is 0 Å². The first-order valence-electron chi connectivity index (χ1n) is 5.59. The second kappa shape index (κ2) is 3.36. The zero-order chi connectivity index (χ0) is 12.0. The Morgan fingerprint density at radius 3 is 1.60 bits per heavy atom. The molecule has 1 aromatic rings. The minimum atomic E-state index is 0.130. The highest BCUT2D eigenvalue weighted by molar-refractivity contribution is 5.33. The summed E-state index contributed by atoms with van der Waals surface area (Å²) in [5, 5.41) is 4.66. The molecule has 0 aliphatic heterocycles. The number of hydrogen-bond acceptors (Lipinski definition) is 1. The molecule has 1 aromatic heterocycles. The van der Waals surface area contributed by atoms with Crippen LogP contribution in [0.25, 0.3) is 0 Å². The maximum atomic E-state index is 4.66. The van der Waals surface area contributed by atoms with Gasteiger partial charge < -0.3 is 0 Å². The van der Waals surface area contributed by atoms with Gasteiger partial charge in [0.25, 0.3) is 0 Å². The van der Waals surface area contributed by atoms with E-state index in [9.17, 15) is 0 Å². The van der Waals surface area contributed by atoms with Crippen LogP contribution in [0.5, 0.6) is 0 Å². The smallest absolute Gasteiger partial charge is 0.0710 e. The number of nitrogens with zero attached hydrogens (tertiary/aromatic N) is 2. The van der Waals surface area contributed by atoms with Gasteiger partial charge in [-0.05, 0) is 12.5 Å². The van der Waals surface area contributed by atoms with Crippen LogP contribution in [0.2, 0.25) is 0 Å². The molecule has 0 aliphatic rings. The summed E-state index contributed by atoms with van der Waals surface area (Å²) in [5.41, 5.74) is 4.19. The number of aromatic nitrogens is 2. The van der Waals surface area contributed by atoms with Crippen LogP contribution in [0.15, 0.2) is 0 Å². The van der Waals surface area contributed by atoms with E-state index in [4.69, 9.17) is 0 Å². The SMILES string of the molecule is Cc1c(C(C)(C)C)nn(C)c1C(C)(C)C. The summed E-state index contributed by atoms with van der Waals surface area (Å²) >= 11 is 0. The average molecular weight is 208 g/mol. The molecule has 0 spiro atoms. The van der Waals surface area contributed by atoms with Gasteiger partial charge in [0.2, 0.25) is 0 Å². The number of aryl methyl sites for hydroxylation is 1. The quantitative estimate of drug-likeness (QED) is 0.639. The van der Waals surface area contributed by atoms with Crippen LogP contribution < -0.4 is 0 Å². The molecule has 1 rings (SSSR count). The third-order valence-corrected chi connectivity index (χ3v) is 2.70. The van der Waals surface area contributed by atoms with Crippen molar-refractivity contribution >= 4 is 0 Å². The molecule has 2 heteroatoms. The van der Waals surface area contributed by atoms with Gasteiger partial charge in [0.15, 0.2) is 0 Å². The molecule has 2 nitrogen and oxygen atoms in total. The van der Waals surface area contributed by atoms with Crippen LogP contribution >= 0.6 is 0 Å². The number of hydrogen-bond donors (Lipinski definition) is 0. The van der Waals surface area contributed by atoms with Crippen LogP contribution in [-0.4, -0.2) is 9.78 Å². The molecule has 0 aliphatic carbocycles. The van der Waals surface area contributed by atoms with Gasteiger partial charge in [0.1, 0.15) is 0 Å². The van der Waals surface area contributed by atoms with Crippen LogP contribution in [0.1, 0.15) is 58.5 Å². The minimum Gasteiger partial charge on any atom is -0.272 e. The van der Waals surface area contributed by atoms with Gasteiger partial charge in [-0.1, -0.05) is 41.5 Å². The fraction of sp³-hybridized carbons (Fsp3) is 0.769. The Bertz CT molecular complexity index is 359. The molecule has 0 fully saturated rings. The monoisotopic (exact) mass is 208 g/mol. The first-order chi connectivity index (χ1) is 6.55. The van der Waals surface area contributed by atoms with Crippen LogP contribution in [-0.2, 0) is 17.9 Å². The molecule has 0 N–H and O–H groups in total. The zero-order valence-electron chi connectivity index (χ0n) is 11.4. The lowest BCUT2D eigenvalue weighted by molar-refractivity contribution is 0.513. The third-order valence-electron chi connectivity index (χ3n) is 2.70. The van der Waals surface area contributed by atoms with E-state index in [1.54, 1.807) is 0 Å². The lowest BCUT2D eigenvalue weighted by Gasteiger charge is -2.21. The molecule has 0 amide bonds. The molecule has 0 bridgehead atoms. The molecule has 0 saturated carbocycles. The van der Waals surface area contributed by atoms with Crippen molar-refractivity contribution in [3.63, 3.8) is 0 Å². The van der Waals surface area contributed by atoms with Gasteiger partial charge in [-0.25, -0.2) is 0 Å². The molecule has 0 aromatic carbocycles. The second-order valence-electron chi connectivity index (χ2n) is 6.45. The summed E-state index contributed by atoms with van der Waals surface area (Å²) in [6.45, 7) is 15.6. The van der Waals surface area contributed by atoms with Gasteiger partial charge in [0.05, 0.1) is 5.69 Å². The Morgan fingerprint density at radius 1 is 0.933 bits per heavy atom. The first-order valence-corrected chi connectivity index (χ1v) is 5.59. The van der Waals surface area contributed by atoms with Gasteiger partial charge in [-0.2, -0.15) is 5.10 Å². The van der Waals surface area contributed by atoms with E-state index in [-0.39, 0.29) is 10.8 Å². The molecular formula is C13H24N2. The lowest BCUT2D eigenvalue weighted by Crippen LogP contribution is -2.18. The molecule has 0 atom stereocenters. The second-order valence-corrected chi connectivity index (χ2v) is 6.45. The Labute approximate surface area is 93.7 Å². The lowest BCUT2D eigenvalue weighted by atomic mass is 9.84. The molecular weight excluding hydrogens is 184 g/mol. The fourth-order valence-electron chi connectivity index (χ4n) is 2.39. The van der Waals surface area contributed by atoms with Gasteiger partial charge in [-0.15, -0.1) is 0 Å². The number of rotatable bonds is 0. The van der Waals surface area contributed by atoms with Crippen molar-refractivity contribution in [2.24, 2.45) is 7.05 Å². The van der Waals surface area contributed by atoms with Gasteiger partial charge in [-0.3, -0.25) is 4.68 Å². The van der Waals surface area contributed by atoms with Crippen molar-refractivity contribution in [2.45, 2.75) is 59.3 Å². The summed E-state index contributed by atoms with van der Waals surface area (Å²) in [7, 11) is 2.04. The van der Waals surface area contributed by atoms with Crippen LogP contribution in [0.4, 0.5) is 0 Å². The maximum Gasteiger partial charge on any atom is 0.0710 e. The molecule has 86 valence electrons. The summed E-state index contributed by atoms with van der Waals surface area (Å²) in [4.78, 5) is 0. The summed E-state index contributed by atoms with van der Waals surface area (Å²) in [6, 6.07) is 0. The van der Waals surface area contributed by atoms with Gasteiger partial charge >= 0.3 is 0 Å². The highest BCUT2D eigenvalue weighted by Gasteiger charge is 2.28. The van der Waals surface area contributed by atoms with Crippen molar-refractivity contribution in [2.75, 3.05) is 0 Å². The summed E-state index contributed by atoms with van der Waals surface area (Å²) in [6.07, 6.45) is 0. The van der Waals surface area contributed by atoms with E-state index in [2.05, 4.69) is 53.6 Å². The van der Waals surface area contributed by atoms with Crippen molar-refractivity contribution in [3.8, 4) is 0 Å². The Hall–Kier alpha value is -0.790. The Balaban J connectivity index is 3.41. The van der Waals surface area contributed by atoms with E-state index in [1.807, 2.05) is 11.7 Å². The normalized spacial score (nSPS) is 13.3. The van der Waals surface area contributed by atoms with E-state index < -0.39 is 0 Å². The Kier molecular flexibility index (Phi) is 2.75. The summed E-state index contributed by atoms with van der Waals surface area (Å²) in [5.74, 6) is 0. The molecule has 0 saturated heterocycles. The molecule has 15 heavy (non-hydrogen) atoms. The molecule has 1 heterocycles. The first kappa shape index (κ1) is 12.3. The maximum absolute atomic E-state index is 4.66. The minimum absolute atomic E-state index is 0.130. The zero-order valence-corrected chi connectivity index (χ0v) is 11.4. The van der Waals surface area contributed by atoms with Crippen molar-refractivity contribution in [3.05, 3.63) is 17.0 Å². The van der Waals surface area contributed by atoms with E-state index >= 15 is 0 Å². The van der Waals surface area contributed by atoms with Crippen LogP contribution in [0, 0.1) is 6.92 Å². The predicted octanol–water partition coefficient (Wildman–Crippen LogP) is 3.32. The van der Waals surface area contributed by atoms with Crippen molar-refractivity contribution in [1.82, 2.24) is 9.78 Å². The van der Waals surface area contributed by atoms with Crippen molar-refractivity contribution < 1.29 is 0 Å². The third kappa shape index (κ3) is 2.24. The fourth-order valence-corrected chi connectivity index (χ4v) is 2.39. The van der Waals surface area contributed by atoms with Crippen molar-refractivity contribution in [1.29, 1.82) is 0 Å². The predicted molar refractivity (Wildman–Crippen MR) is 65.3 cm³/mol. The van der Waals surface area contributed by atoms with Gasteiger partial charge in [0, 0.05) is 23.6 Å². The molecule has 0 radical (unpaired) electrons. The largest absolute Gasteiger partial charge is 0.272 e. The van der Waals surface area contributed by atoms with E-state index in [0.717, 1.165) is 0 Å². The summed E-state index contributed by atoms with van der Waals surface area (Å²) < 4.78 is 2.04.